The largest absolute Gasteiger partial charge is 0.461 e. The first-order valence-corrected chi connectivity index (χ1v) is 9.01. The van der Waals surface area contributed by atoms with Gasteiger partial charge in [0.1, 0.15) is 16.9 Å². The van der Waals surface area contributed by atoms with E-state index in [4.69, 9.17) is 8.83 Å². The molecular formula is C22H19NO3. The monoisotopic (exact) mass is 345 g/mol. The van der Waals surface area contributed by atoms with Crippen LogP contribution in [0.2, 0.25) is 0 Å². The molecule has 0 radical (unpaired) electrons. The third-order valence-corrected chi connectivity index (χ3v) is 5.23. The molecule has 4 heteroatoms. The summed E-state index contributed by atoms with van der Waals surface area (Å²) in [6.07, 6.45) is 1.61. The van der Waals surface area contributed by atoms with Gasteiger partial charge in [-0.1, -0.05) is 36.4 Å². The summed E-state index contributed by atoms with van der Waals surface area (Å²) >= 11 is 0. The normalized spacial score (nSPS) is 14.8. The number of benzene rings is 2. The summed E-state index contributed by atoms with van der Waals surface area (Å²) in [5.74, 6) is 1.10. The lowest BCUT2D eigenvalue weighted by Gasteiger charge is -2.26. The van der Waals surface area contributed by atoms with E-state index in [9.17, 15) is 4.79 Å². The molecule has 130 valence electrons. The van der Waals surface area contributed by atoms with Gasteiger partial charge in [0, 0.05) is 48.0 Å². The minimum atomic E-state index is -0.227. The lowest BCUT2D eigenvalue weighted by atomic mass is 10.0. The van der Waals surface area contributed by atoms with Gasteiger partial charge in [-0.05, 0) is 24.6 Å². The Bertz CT molecular complexity index is 1150. The maximum absolute atomic E-state index is 12.2. The second-order valence-electron chi connectivity index (χ2n) is 6.87. The molecule has 1 aliphatic rings. The first kappa shape index (κ1) is 15.4. The lowest BCUT2D eigenvalue weighted by molar-refractivity contribution is 0.246. The van der Waals surface area contributed by atoms with Crippen LogP contribution in [0.4, 0.5) is 0 Å². The van der Waals surface area contributed by atoms with Crippen LogP contribution in [0.3, 0.4) is 0 Å². The Labute approximate surface area is 150 Å². The SMILES string of the molecule is O=c1oc2ccccc2cc1CCN1CCc2oc3ccccc3c2C1. The van der Waals surface area contributed by atoms with Gasteiger partial charge in [0.25, 0.3) is 0 Å². The van der Waals surface area contributed by atoms with E-state index in [0.717, 1.165) is 48.3 Å². The van der Waals surface area contributed by atoms with Gasteiger partial charge >= 0.3 is 5.63 Å². The van der Waals surface area contributed by atoms with Gasteiger partial charge in [0.2, 0.25) is 0 Å². The fourth-order valence-electron chi connectivity index (χ4n) is 3.84. The van der Waals surface area contributed by atoms with E-state index in [1.165, 1.54) is 10.9 Å². The molecule has 0 saturated heterocycles. The van der Waals surface area contributed by atoms with Crippen LogP contribution < -0.4 is 5.63 Å². The first-order chi connectivity index (χ1) is 12.8. The van der Waals surface area contributed by atoms with Crippen molar-refractivity contribution < 1.29 is 8.83 Å². The van der Waals surface area contributed by atoms with Crippen LogP contribution in [0.25, 0.3) is 21.9 Å². The predicted octanol–water partition coefficient (Wildman–Crippen LogP) is 4.14. The summed E-state index contributed by atoms with van der Waals surface area (Å²) in [6, 6.07) is 17.8. The smallest absolute Gasteiger partial charge is 0.339 e. The van der Waals surface area contributed by atoms with E-state index in [2.05, 4.69) is 17.0 Å². The molecule has 0 atom stereocenters. The maximum Gasteiger partial charge on any atom is 0.339 e. The molecule has 0 unspecified atom stereocenters. The van der Waals surface area contributed by atoms with E-state index in [0.29, 0.717) is 12.0 Å². The minimum absolute atomic E-state index is 0.227. The van der Waals surface area contributed by atoms with E-state index in [1.807, 2.05) is 42.5 Å². The Hall–Kier alpha value is -2.85. The van der Waals surface area contributed by atoms with E-state index in [-0.39, 0.29) is 5.63 Å². The van der Waals surface area contributed by atoms with E-state index < -0.39 is 0 Å². The van der Waals surface area contributed by atoms with Gasteiger partial charge < -0.3 is 8.83 Å². The first-order valence-electron chi connectivity index (χ1n) is 9.01. The molecule has 0 bridgehead atoms. The summed E-state index contributed by atoms with van der Waals surface area (Å²) in [4.78, 5) is 14.6. The highest BCUT2D eigenvalue weighted by Crippen LogP contribution is 2.30. The zero-order chi connectivity index (χ0) is 17.5. The molecular weight excluding hydrogens is 326 g/mol. The highest BCUT2D eigenvalue weighted by atomic mass is 16.4. The van der Waals surface area contributed by atoms with Crippen molar-refractivity contribution in [1.82, 2.24) is 4.90 Å². The topological polar surface area (TPSA) is 46.6 Å². The molecule has 4 nitrogen and oxygen atoms in total. The summed E-state index contributed by atoms with van der Waals surface area (Å²) in [5, 5.41) is 2.18. The zero-order valence-electron chi connectivity index (χ0n) is 14.4. The molecule has 0 spiro atoms. The average Bonchev–Trinajstić information content (AvgIpc) is 3.04. The van der Waals surface area contributed by atoms with Crippen LogP contribution in [0.15, 0.2) is 68.2 Å². The third-order valence-electron chi connectivity index (χ3n) is 5.23. The van der Waals surface area contributed by atoms with Crippen molar-refractivity contribution in [2.24, 2.45) is 0 Å². The van der Waals surface area contributed by atoms with Gasteiger partial charge in [-0.2, -0.15) is 0 Å². The van der Waals surface area contributed by atoms with Crippen molar-refractivity contribution in [2.75, 3.05) is 13.1 Å². The molecule has 4 aromatic rings. The summed E-state index contributed by atoms with van der Waals surface area (Å²) < 4.78 is 11.4. The van der Waals surface area contributed by atoms with Crippen LogP contribution in [0, 0.1) is 0 Å². The van der Waals surface area contributed by atoms with Crippen LogP contribution in [0.5, 0.6) is 0 Å². The quantitative estimate of drug-likeness (QED) is 0.524. The lowest BCUT2D eigenvalue weighted by Crippen LogP contribution is -2.32. The molecule has 26 heavy (non-hydrogen) atoms. The van der Waals surface area contributed by atoms with Crippen LogP contribution in [-0.2, 0) is 19.4 Å². The fraction of sp³-hybridized carbons (Fsp3) is 0.227. The Morgan fingerprint density at radius 1 is 0.962 bits per heavy atom. The molecule has 2 aromatic heterocycles. The van der Waals surface area contributed by atoms with Crippen LogP contribution >= 0.6 is 0 Å². The molecule has 0 saturated carbocycles. The highest BCUT2D eigenvalue weighted by molar-refractivity contribution is 5.82. The van der Waals surface area contributed by atoms with Gasteiger partial charge in [-0.3, -0.25) is 4.90 Å². The van der Waals surface area contributed by atoms with Crippen molar-refractivity contribution in [2.45, 2.75) is 19.4 Å². The molecule has 0 amide bonds. The van der Waals surface area contributed by atoms with Crippen LogP contribution in [-0.4, -0.2) is 18.0 Å². The number of nitrogens with zero attached hydrogens (tertiary/aromatic N) is 1. The molecule has 0 N–H and O–H groups in total. The second kappa shape index (κ2) is 6.15. The number of furan rings is 1. The number of fused-ring (bicyclic) bond motifs is 4. The third kappa shape index (κ3) is 2.63. The van der Waals surface area contributed by atoms with Crippen molar-refractivity contribution in [3.05, 3.63) is 81.9 Å². The molecule has 5 rings (SSSR count). The summed E-state index contributed by atoms with van der Waals surface area (Å²) in [6.45, 7) is 2.65. The predicted molar refractivity (Wildman–Crippen MR) is 101 cm³/mol. The Morgan fingerprint density at radius 2 is 1.77 bits per heavy atom. The Kier molecular flexibility index (Phi) is 3.64. The molecule has 0 aliphatic carbocycles. The van der Waals surface area contributed by atoms with Crippen molar-refractivity contribution in [1.29, 1.82) is 0 Å². The Balaban J connectivity index is 1.37. The van der Waals surface area contributed by atoms with Crippen molar-refractivity contribution in [3.8, 4) is 0 Å². The molecule has 0 fully saturated rings. The summed E-state index contributed by atoms with van der Waals surface area (Å²) in [7, 11) is 0. The zero-order valence-corrected chi connectivity index (χ0v) is 14.4. The average molecular weight is 345 g/mol. The standard InChI is InChI=1S/C22H19NO3/c24-22-16(13-15-5-1-3-7-19(15)26-22)9-11-23-12-10-21-18(14-23)17-6-2-4-8-20(17)25-21/h1-8,13H,9-12,14H2. The van der Waals surface area contributed by atoms with Crippen molar-refractivity contribution >= 4 is 21.9 Å². The van der Waals surface area contributed by atoms with Gasteiger partial charge in [0.05, 0.1) is 0 Å². The highest BCUT2D eigenvalue weighted by Gasteiger charge is 2.22. The van der Waals surface area contributed by atoms with Gasteiger partial charge in [-0.25, -0.2) is 4.79 Å². The molecule has 2 aromatic carbocycles. The van der Waals surface area contributed by atoms with Crippen LogP contribution in [0.1, 0.15) is 16.9 Å². The second-order valence-corrected chi connectivity index (χ2v) is 6.87. The maximum atomic E-state index is 12.2. The number of hydrogen-bond acceptors (Lipinski definition) is 4. The van der Waals surface area contributed by atoms with E-state index >= 15 is 0 Å². The summed E-state index contributed by atoms with van der Waals surface area (Å²) in [5.41, 5.74) is 3.42. The van der Waals surface area contributed by atoms with Gasteiger partial charge in [0.15, 0.2) is 0 Å². The fourth-order valence-corrected chi connectivity index (χ4v) is 3.84. The Morgan fingerprint density at radius 3 is 2.69 bits per heavy atom. The van der Waals surface area contributed by atoms with Gasteiger partial charge in [-0.15, -0.1) is 0 Å². The van der Waals surface area contributed by atoms with E-state index in [1.54, 1.807) is 0 Å². The number of rotatable bonds is 3. The number of hydrogen-bond donors (Lipinski definition) is 0. The number of para-hydroxylation sites is 2. The molecule has 3 heterocycles. The van der Waals surface area contributed by atoms with Crippen molar-refractivity contribution in [3.63, 3.8) is 0 Å². The molecule has 1 aliphatic heterocycles. The minimum Gasteiger partial charge on any atom is -0.461 e.